The normalized spacial score (nSPS) is 11.2. The van der Waals surface area contributed by atoms with Gasteiger partial charge >= 0.3 is 12.1 Å². The summed E-state index contributed by atoms with van der Waals surface area (Å²) in [4.78, 5) is 26.9. The fourth-order valence-corrected chi connectivity index (χ4v) is 4.49. The molecule has 1 heterocycles. The van der Waals surface area contributed by atoms with Crippen LogP contribution in [-0.4, -0.2) is 30.4 Å². The number of benzene rings is 3. The highest BCUT2D eigenvalue weighted by Gasteiger charge is 2.32. The molecule has 7 nitrogen and oxygen atoms in total. The summed E-state index contributed by atoms with van der Waals surface area (Å²) in [5.41, 5.74) is 4.27. The minimum Gasteiger partial charge on any atom is -0.465 e. The second-order valence-corrected chi connectivity index (χ2v) is 9.84. The maximum Gasteiger partial charge on any atom is 0.419 e. The van der Waals surface area contributed by atoms with Crippen LogP contribution in [-0.2, 0) is 19.7 Å². The number of hydrogen-bond acceptors (Lipinski definition) is 6. The van der Waals surface area contributed by atoms with E-state index in [2.05, 4.69) is 5.16 Å². The van der Waals surface area contributed by atoms with Crippen LogP contribution in [0.1, 0.15) is 39.0 Å². The Morgan fingerprint density at radius 2 is 1.44 bits per heavy atom. The molecule has 0 fully saturated rings. The van der Waals surface area contributed by atoms with Gasteiger partial charge < -0.3 is 14.0 Å². The van der Waals surface area contributed by atoms with Crippen LogP contribution in [0, 0.1) is 6.92 Å². The lowest BCUT2D eigenvalue weighted by atomic mass is 9.84. The predicted octanol–water partition coefficient (Wildman–Crippen LogP) is 8.11. The number of halogens is 1. The predicted molar refractivity (Wildman–Crippen MR) is 152 cm³/mol. The van der Waals surface area contributed by atoms with Gasteiger partial charge in [0.25, 0.3) is 0 Å². The molecule has 0 bridgehead atoms. The largest absolute Gasteiger partial charge is 0.465 e. The molecule has 202 valence electrons. The Morgan fingerprint density at radius 3 is 2.03 bits per heavy atom. The first-order valence-electron chi connectivity index (χ1n) is 12.7. The fourth-order valence-electron chi connectivity index (χ4n) is 4.27. The van der Waals surface area contributed by atoms with Crippen LogP contribution in [0.2, 0.25) is 5.02 Å². The fraction of sp³-hybridized carbons (Fsp3) is 0.258. The summed E-state index contributed by atoms with van der Waals surface area (Å²) in [6, 6.07) is 22.6. The number of amides is 1. The second-order valence-electron chi connectivity index (χ2n) is 9.43. The van der Waals surface area contributed by atoms with E-state index in [1.54, 1.807) is 45.0 Å². The Kier molecular flexibility index (Phi) is 8.41. The number of aryl methyl sites for hydroxylation is 1. The highest BCUT2D eigenvalue weighted by Crippen LogP contribution is 2.41. The molecule has 39 heavy (non-hydrogen) atoms. The minimum atomic E-state index is -0.745. The highest BCUT2D eigenvalue weighted by atomic mass is 35.5. The van der Waals surface area contributed by atoms with Crippen molar-refractivity contribution in [2.45, 2.75) is 40.0 Å². The van der Waals surface area contributed by atoms with Gasteiger partial charge in [-0.3, -0.25) is 4.79 Å². The highest BCUT2D eigenvalue weighted by molar-refractivity contribution is 6.34. The van der Waals surface area contributed by atoms with Crippen LogP contribution < -0.4 is 4.90 Å². The van der Waals surface area contributed by atoms with Gasteiger partial charge in [-0.05, 0) is 63.4 Å². The second kappa shape index (κ2) is 11.7. The molecule has 4 aromatic rings. The molecular weight excluding hydrogens is 516 g/mol. The van der Waals surface area contributed by atoms with Gasteiger partial charge in [0.05, 0.1) is 29.3 Å². The molecule has 4 rings (SSSR count). The average molecular weight is 547 g/mol. The Morgan fingerprint density at radius 1 is 0.872 bits per heavy atom. The smallest absolute Gasteiger partial charge is 0.419 e. The summed E-state index contributed by atoms with van der Waals surface area (Å²) >= 11 is 6.47. The first-order valence-corrected chi connectivity index (χ1v) is 13.1. The number of esters is 1. The van der Waals surface area contributed by atoms with Crippen molar-refractivity contribution in [2.75, 3.05) is 18.1 Å². The zero-order valence-electron chi connectivity index (χ0n) is 22.7. The molecular formula is C31H31ClN2O5. The third-order valence-electron chi connectivity index (χ3n) is 6.47. The van der Waals surface area contributed by atoms with E-state index in [9.17, 15) is 9.59 Å². The van der Waals surface area contributed by atoms with Crippen molar-refractivity contribution in [2.24, 2.45) is 0 Å². The molecule has 0 aliphatic carbocycles. The van der Waals surface area contributed by atoms with Crippen LogP contribution in [0.3, 0.4) is 0 Å². The molecule has 8 heteroatoms. The van der Waals surface area contributed by atoms with Crippen LogP contribution in [0.5, 0.6) is 0 Å². The van der Waals surface area contributed by atoms with Crippen molar-refractivity contribution < 1.29 is 23.6 Å². The molecule has 0 aliphatic rings. The molecule has 0 saturated heterocycles. The topological polar surface area (TPSA) is 81.9 Å². The van der Waals surface area contributed by atoms with E-state index in [1.807, 2.05) is 62.4 Å². The lowest BCUT2D eigenvalue weighted by Crippen LogP contribution is -2.31. The Hall–Kier alpha value is -4.10. The van der Waals surface area contributed by atoms with E-state index < -0.39 is 11.5 Å². The molecule has 1 amide bonds. The molecule has 0 atom stereocenters. The van der Waals surface area contributed by atoms with Crippen LogP contribution in [0.25, 0.3) is 22.5 Å². The molecule has 0 unspecified atom stereocenters. The molecule has 0 saturated carbocycles. The van der Waals surface area contributed by atoms with E-state index in [1.165, 1.54) is 4.90 Å². The Balaban J connectivity index is 1.67. The van der Waals surface area contributed by atoms with Crippen LogP contribution >= 0.6 is 11.6 Å². The number of carbonyl (C=O) groups is 2. The number of aromatic nitrogens is 1. The van der Waals surface area contributed by atoms with Crippen LogP contribution in [0.15, 0.2) is 77.3 Å². The van der Waals surface area contributed by atoms with Crippen molar-refractivity contribution in [1.29, 1.82) is 0 Å². The number of carbonyl (C=O) groups excluding carboxylic acids is 2. The molecule has 0 N–H and O–H groups in total. The molecule has 0 spiro atoms. The zero-order chi connectivity index (χ0) is 28.2. The first-order chi connectivity index (χ1) is 18.7. The summed E-state index contributed by atoms with van der Waals surface area (Å²) < 4.78 is 16.3. The van der Waals surface area contributed by atoms with Gasteiger partial charge in [-0.2, -0.15) is 0 Å². The van der Waals surface area contributed by atoms with Gasteiger partial charge in [0.15, 0.2) is 5.76 Å². The number of anilines is 2. The van der Waals surface area contributed by atoms with Crippen molar-refractivity contribution in [3.8, 4) is 22.5 Å². The summed E-state index contributed by atoms with van der Waals surface area (Å²) in [7, 11) is 0. The lowest BCUT2D eigenvalue weighted by molar-refractivity contribution is -0.148. The third-order valence-corrected chi connectivity index (χ3v) is 6.79. The van der Waals surface area contributed by atoms with Gasteiger partial charge in [0.2, 0.25) is 0 Å². The van der Waals surface area contributed by atoms with Crippen molar-refractivity contribution >= 4 is 35.0 Å². The van der Waals surface area contributed by atoms with Crippen molar-refractivity contribution in [3.63, 3.8) is 0 Å². The Labute approximate surface area is 233 Å². The Bertz CT molecular complexity index is 1460. The maximum absolute atomic E-state index is 13.1. The van der Waals surface area contributed by atoms with E-state index in [4.69, 9.17) is 25.6 Å². The number of hydrogen-bond donors (Lipinski definition) is 0. The van der Waals surface area contributed by atoms with E-state index >= 15 is 0 Å². The number of para-hydroxylation sites is 1. The standard InChI is InChI=1S/C31H31ClN2O5/c1-6-37-29(35)31(4,5)24-18-16-22(17-19-24)21-12-14-23(15-13-21)28-27(20(3)33-39-28)34(30(36)38-7-2)26-11-9-8-10-25(26)32/h8-19H,6-7H2,1-5H3. The SMILES string of the molecule is CCOC(=O)N(c1ccccc1Cl)c1c(C)noc1-c1ccc(-c2ccc(C(C)(C)C(=O)OCC)cc2)cc1. The molecule has 0 aliphatic heterocycles. The van der Waals surface area contributed by atoms with Gasteiger partial charge in [0.1, 0.15) is 11.4 Å². The van der Waals surface area contributed by atoms with Gasteiger partial charge in [-0.15, -0.1) is 0 Å². The van der Waals surface area contributed by atoms with Crippen molar-refractivity contribution in [1.82, 2.24) is 5.16 Å². The van der Waals surface area contributed by atoms with E-state index in [-0.39, 0.29) is 12.6 Å². The monoisotopic (exact) mass is 546 g/mol. The van der Waals surface area contributed by atoms with E-state index in [0.717, 1.165) is 22.3 Å². The number of nitrogens with zero attached hydrogens (tertiary/aromatic N) is 2. The average Bonchev–Trinajstić information content (AvgIpc) is 3.31. The molecule has 3 aromatic carbocycles. The maximum atomic E-state index is 13.1. The number of ether oxygens (including phenoxy) is 2. The van der Waals surface area contributed by atoms with E-state index in [0.29, 0.717) is 34.5 Å². The molecule has 0 radical (unpaired) electrons. The van der Waals surface area contributed by atoms with Gasteiger partial charge in [-0.1, -0.05) is 77.4 Å². The van der Waals surface area contributed by atoms with Gasteiger partial charge in [0, 0.05) is 5.56 Å². The lowest BCUT2D eigenvalue weighted by Gasteiger charge is -2.23. The van der Waals surface area contributed by atoms with Crippen molar-refractivity contribution in [3.05, 3.63) is 89.1 Å². The quantitative estimate of drug-likeness (QED) is 0.208. The van der Waals surface area contributed by atoms with Crippen LogP contribution in [0.4, 0.5) is 16.2 Å². The summed E-state index contributed by atoms with van der Waals surface area (Å²) in [5, 5.41) is 4.54. The minimum absolute atomic E-state index is 0.198. The van der Waals surface area contributed by atoms with Gasteiger partial charge in [-0.25, -0.2) is 9.69 Å². The summed E-state index contributed by atoms with van der Waals surface area (Å²) in [6.07, 6.45) is -0.583. The third kappa shape index (κ3) is 5.68. The first kappa shape index (κ1) is 27.9. The number of rotatable bonds is 8. The summed E-state index contributed by atoms with van der Waals surface area (Å²) in [5.74, 6) is 0.160. The molecule has 1 aromatic heterocycles. The zero-order valence-corrected chi connectivity index (χ0v) is 23.4. The summed E-state index contributed by atoms with van der Waals surface area (Å²) in [6.45, 7) is 9.56.